The first-order valence-electron chi connectivity index (χ1n) is 9.90. The zero-order chi connectivity index (χ0) is 21.4. The molecule has 1 aromatic carbocycles. The van der Waals surface area contributed by atoms with E-state index in [2.05, 4.69) is 39.5 Å². The van der Waals surface area contributed by atoms with Gasteiger partial charge in [0.25, 0.3) is 0 Å². The van der Waals surface area contributed by atoms with Gasteiger partial charge in [0.15, 0.2) is 5.96 Å². The van der Waals surface area contributed by atoms with Crippen molar-refractivity contribution in [1.82, 2.24) is 20.4 Å². The lowest BCUT2D eigenvalue weighted by atomic mass is 10.2. The minimum absolute atomic E-state index is 0.211. The Kier molecular flexibility index (Phi) is 8.58. The molecule has 0 aliphatic carbocycles. The van der Waals surface area contributed by atoms with E-state index >= 15 is 0 Å². The number of hydrogen-bond acceptors (Lipinski definition) is 4. The lowest BCUT2D eigenvalue weighted by molar-refractivity contribution is -0.137. The molecule has 9 heteroatoms. The number of rotatable bonds is 7. The number of alkyl halides is 3. The van der Waals surface area contributed by atoms with E-state index in [9.17, 15) is 13.2 Å². The van der Waals surface area contributed by atoms with Crippen LogP contribution in [0.4, 0.5) is 13.2 Å². The average molecular weight is 416 g/mol. The van der Waals surface area contributed by atoms with Crippen molar-refractivity contribution in [3.8, 4) is 5.75 Å². The van der Waals surface area contributed by atoms with Gasteiger partial charge in [0.2, 0.25) is 0 Å². The molecule has 2 rings (SSSR count). The fraction of sp³-hybridized carbons (Fsp3) is 0.650. The van der Waals surface area contributed by atoms with Crippen molar-refractivity contribution in [2.45, 2.75) is 31.7 Å². The molecule has 1 fully saturated rings. The molecule has 164 valence electrons. The zero-order valence-electron chi connectivity index (χ0n) is 17.6. The maximum Gasteiger partial charge on any atom is 0.416 e. The van der Waals surface area contributed by atoms with Gasteiger partial charge in [-0.3, -0.25) is 9.89 Å². The Morgan fingerprint density at radius 1 is 1.28 bits per heavy atom. The van der Waals surface area contributed by atoms with Crippen LogP contribution in [0.2, 0.25) is 0 Å². The highest BCUT2D eigenvalue weighted by atomic mass is 19.4. The van der Waals surface area contributed by atoms with E-state index in [1.807, 2.05) is 6.92 Å². The van der Waals surface area contributed by atoms with E-state index in [1.54, 1.807) is 13.1 Å². The summed E-state index contributed by atoms with van der Waals surface area (Å²) in [4.78, 5) is 8.86. The predicted octanol–water partition coefficient (Wildman–Crippen LogP) is 2.27. The highest BCUT2D eigenvalue weighted by Gasteiger charge is 2.30. The third-order valence-corrected chi connectivity index (χ3v) is 5.13. The van der Waals surface area contributed by atoms with E-state index in [0.29, 0.717) is 25.0 Å². The number of guanidine groups is 1. The van der Waals surface area contributed by atoms with Crippen LogP contribution in [0.15, 0.2) is 29.3 Å². The average Bonchev–Trinajstić information content (AvgIpc) is 2.69. The molecule has 29 heavy (non-hydrogen) atoms. The number of aliphatic imine (C=N–C) groups is 1. The van der Waals surface area contributed by atoms with E-state index in [0.717, 1.165) is 38.3 Å². The standard InChI is InChI=1S/C20H32F3N5O/c1-5-17(29-18-8-6-7-15(11-18)20(21,22)23)13-26-19(24-2)25-12-16-14-27(3)9-10-28(16)4/h6-8,11,16-17H,5,9-10,12-14H2,1-4H3,(H2,24,25,26). The van der Waals surface area contributed by atoms with Crippen LogP contribution in [0.5, 0.6) is 5.75 Å². The van der Waals surface area contributed by atoms with Crippen molar-refractivity contribution < 1.29 is 17.9 Å². The van der Waals surface area contributed by atoms with Gasteiger partial charge in [-0.25, -0.2) is 0 Å². The fourth-order valence-electron chi connectivity index (χ4n) is 3.17. The van der Waals surface area contributed by atoms with E-state index in [4.69, 9.17) is 4.74 Å². The van der Waals surface area contributed by atoms with Crippen LogP contribution in [0.3, 0.4) is 0 Å². The molecule has 6 nitrogen and oxygen atoms in total. The summed E-state index contributed by atoms with van der Waals surface area (Å²) >= 11 is 0. The molecule has 0 radical (unpaired) electrons. The first kappa shape index (κ1) is 23.3. The summed E-state index contributed by atoms with van der Waals surface area (Å²) < 4.78 is 44.4. The predicted molar refractivity (Wildman–Crippen MR) is 109 cm³/mol. The molecule has 2 unspecified atom stereocenters. The van der Waals surface area contributed by atoms with Crippen molar-refractivity contribution in [3.05, 3.63) is 29.8 Å². The SMILES string of the molecule is CCC(CNC(=NC)NCC1CN(C)CCN1C)Oc1cccc(C(F)(F)F)c1. The van der Waals surface area contributed by atoms with Crippen LogP contribution in [0.1, 0.15) is 18.9 Å². The molecule has 1 saturated heterocycles. The number of nitrogens with one attached hydrogen (secondary N) is 2. The second-order valence-electron chi connectivity index (χ2n) is 7.40. The second-order valence-corrected chi connectivity index (χ2v) is 7.40. The van der Waals surface area contributed by atoms with Gasteiger partial charge in [-0.05, 0) is 38.7 Å². The summed E-state index contributed by atoms with van der Waals surface area (Å²) in [5.74, 6) is 0.862. The summed E-state index contributed by atoms with van der Waals surface area (Å²) in [6.45, 7) is 6.20. The van der Waals surface area contributed by atoms with Gasteiger partial charge in [0.1, 0.15) is 11.9 Å². The molecule has 1 aliphatic rings. The van der Waals surface area contributed by atoms with Gasteiger partial charge >= 0.3 is 6.18 Å². The topological polar surface area (TPSA) is 52.1 Å². The highest BCUT2D eigenvalue weighted by Crippen LogP contribution is 2.31. The Morgan fingerprint density at radius 3 is 2.69 bits per heavy atom. The molecule has 0 spiro atoms. The van der Waals surface area contributed by atoms with Crippen LogP contribution in [-0.2, 0) is 6.18 Å². The molecular formula is C20H32F3N5O. The number of nitrogens with zero attached hydrogens (tertiary/aromatic N) is 3. The molecule has 0 amide bonds. The maximum absolute atomic E-state index is 12.9. The summed E-state index contributed by atoms with van der Waals surface area (Å²) in [6.07, 6.45) is -4.01. The number of halogens is 3. The molecule has 1 aliphatic heterocycles. The van der Waals surface area contributed by atoms with Crippen molar-refractivity contribution in [2.24, 2.45) is 4.99 Å². The summed E-state index contributed by atoms with van der Waals surface area (Å²) in [7, 11) is 5.93. The lowest BCUT2D eigenvalue weighted by Gasteiger charge is -2.38. The molecule has 1 aromatic rings. The van der Waals surface area contributed by atoms with Gasteiger partial charge in [0.05, 0.1) is 12.1 Å². The van der Waals surface area contributed by atoms with Gasteiger partial charge in [-0.15, -0.1) is 0 Å². The molecule has 2 N–H and O–H groups in total. The smallest absolute Gasteiger partial charge is 0.416 e. The quantitative estimate of drug-likeness (QED) is 0.529. The normalized spacial score (nSPS) is 20.4. The fourth-order valence-corrected chi connectivity index (χ4v) is 3.17. The van der Waals surface area contributed by atoms with Crippen molar-refractivity contribution in [2.75, 3.05) is 53.9 Å². The minimum Gasteiger partial charge on any atom is -0.489 e. The van der Waals surface area contributed by atoms with Gasteiger partial charge < -0.3 is 20.3 Å². The first-order chi connectivity index (χ1) is 13.7. The number of ether oxygens (including phenoxy) is 1. The largest absolute Gasteiger partial charge is 0.489 e. The second kappa shape index (κ2) is 10.7. The lowest BCUT2D eigenvalue weighted by Crippen LogP contribution is -2.55. The Morgan fingerprint density at radius 2 is 2.03 bits per heavy atom. The Hall–Kier alpha value is -2.00. The maximum atomic E-state index is 12.9. The van der Waals surface area contributed by atoms with Gasteiger partial charge in [0, 0.05) is 39.3 Å². The zero-order valence-corrected chi connectivity index (χ0v) is 17.6. The van der Waals surface area contributed by atoms with Crippen LogP contribution in [-0.4, -0.2) is 81.8 Å². The molecule has 0 aromatic heterocycles. The van der Waals surface area contributed by atoms with Crippen molar-refractivity contribution in [1.29, 1.82) is 0 Å². The highest BCUT2D eigenvalue weighted by molar-refractivity contribution is 5.79. The molecule has 2 atom stereocenters. The minimum atomic E-state index is -4.38. The van der Waals surface area contributed by atoms with Crippen LogP contribution < -0.4 is 15.4 Å². The summed E-state index contributed by atoms with van der Waals surface area (Å²) in [6, 6.07) is 5.36. The summed E-state index contributed by atoms with van der Waals surface area (Å²) in [5.41, 5.74) is -0.711. The Bertz CT molecular complexity index is 668. The van der Waals surface area contributed by atoms with Gasteiger partial charge in [-0.1, -0.05) is 13.0 Å². The van der Waals surface area contributed by atoms with Crippen LogP contribution in [0, 0.1) is 0 Å². The Balaban J connectivity index is 1.85. The van der Waals surface area contributed by atoms with Gasteiger partial charge in [-0.2, -0.15) is 13.2 Å². The first-order valence-corrected chi connectivity index (χ1v) is 9.90. The third-order valence-electron chi connectivity index (χ3n) is 5.13. The van der Waals surface area contributed by atoms with E-state index in [-0.39, 0.29) is 11.9 Å². The number of benzene rings is 1. The monoisotopic (exact) mass is 415 g/mol. The third kappa shape index (κ3) is 7.40. The molecule has 0 saturated carbocycles. The number of hydrogen-bond donors (Lipinski definition) is 2. The van der Waals surface area contributed by atoms with Crippen molar-refractivity contribution >= 4 is 5.96 Å². The number of piperazine rings is 1. The molecular weight excluding hydrogens is 383 g/mol. The molecule has 1 heterocycles. The Labute approximate surface area is 171 Å². The van der Waals surface area contributed by atoms with Crippen LogP contribution in [0.25, 0.3) is 0 Å². The van der Waals surface area contributed by atoms with E-state index in [1.165, 1.54) is 6.07 Å². The van der Waals surface area contributed by atoms with Crippen LogP contribution >= 0.6 is 0 Å². The summed E-state index contributed by atoms with van der Waals surface area (Å²) in [5, 5.41) is 6.54. The molecule has 0 bridgehead atoms. The van der Waals surface area contributed by atoms with Crippen molar-refractivity contribution in [3.63, 3.8) is 0 Å². The number of likely N-dealkylation sites (N-methyl/N-ethyl adjacent to an activating group) is 2. The van der Waals surface area contributed by atoms with E-state index < -0.39 is 11.7 Å².